The van der Waals surface area contributed by atoms with Crippen molar-refractivity contribution in [1.82, 2.24) is 14.8 Å². The summed E-state index contributed by atoms with van der Waals surface area (Å²) in [5, 5.41) is 9.29. The Bertz CT molecular complexity index is 798. The van der Waals surface area contributed by atoms with Gasteiger partial charge in [0, 0.05) is 16.8 Å². The molecule has 0 N–H and O–H groups in total. The molecule has 0 saturated heterocycles. The number of hydrogen-bond donors (Lipinski definition) is 0. The zero-order valence-corrected chi connectivity index (χ0v) is 16.3. The zero-order chi connectivity index (χ0) is 18.4. The maximum absolute atomic E-state index is 13.0. The van der Waals surface area contributed by atoms with Gasteiger partial charge in [0.1, 0.15) is 18.2 Å². The number of aromatic nitrogens is 3. The van der Waals surface area contributed by atoms with Gasteiger partial charge in [-0.15, -0.1) is 16.8 Å². The van der Waals surface area contributed by atoms with Crippen molar-refractivity contribution in [2.75, 3.05) is 0 Å². The van der Waals surface area contributed by atoms with Crippen molar-refractivity contribution in [3.05, 3.63) is 82.9 Å². The van der Waals surface area contributed by atoms with Gasteiger partial charge in [0.25, 0.3) is 0 Å². The quantitative estimate of drug-likeness (QED) is 0.359. The molecule has 0 atom stereocenters. The van der Waals surface area contributed by atoms with Gasteiger partial charge in [-0.3, -0.25) is 4.57 Å². The van der Waals surface area contributed by atoms with Crippen LogP contribution in [0.5, 0.6) is 5.75 Å². The third-order valence-electron chi connectivity index (χ3n) is 3.57. The molecule has 0 aliphatic heterocycles. The van der Waals surface area contributed by atoms with E-state index in [0.29, 0.717) is 18.9 Å². The van der Waals surface area contributed by atoms with Crippen LogP contribution in [-0.2, 0) is 18.9 Å². The van der Waals surface area contributed by atoms with E-state index in [-0.39, 0.29) is 5.82 Å². The predicted octanol–water partition coefficient (Wildman–Crippen LogP) is 5.24. The molecular weight excluding hydrogens is 417 g/mol. The third kappa shape index (κ3) is 4.95. The van der Waals surface area contributed by atoms with E-state index >= 15 is 0 Å². The first-order valence-electron chi connectivity index (χ1n) is 7.94. The summed E-state index contributed by atoms with van der Waals surface area (Å²) >= 11 is 4.95. The van der Waals surface area contributed by atoms with Crippen LogP contribution in [0.25, 0.3) is 0 Å². The number of ether oxygens (including phenoxy) is 1. The zero-order valence-electron chi connectivity index (χ0n) is 13.9. The number of hydrogen-bond acceptors (Lipinski definition) is 4. The second-order valence-corrected chi connectivity index (χ2v) is 7.31. The summed E-state index contributed by atoms with van der Waals surface area (Å²) in [6.07, 6.45) is 1.80. The number of thioether (sulfide) groups is 1. The van der Waals surface area contributed by atoms with E-state index in [0.717, 1.165) is 26.8 Å². The largest absolute Gasteiger partial charge is 0.486 e. The minimum atomic E-state index is -0.235. The summed E-state index contributed by atoms with van der Waals surface area (Å²) in [6, 6.07) is 14.1. The van der Waals surface area contributed by atoms with Crippen LogP contribution < -0.4 is 4.74 Å². The van der Waals surface area contributed by atoms with Gasteiger partial charge in [-0.25, -0.2) is 4.39 Å². The third-order valence-corrected chi connectivity index (χ3v) is 5.13. The molecule has 0 saturated carbocycles. The summed E-state index contributed by atoms with van der Waals surface area (Å²) < 4.78 is 21.8. The van der Waals surface area contributed by atoms with Crippen LogP contribution in [0, 0.1) is 5.82 Å². The van der Waals surface area contributed by atoms with Crippen LogP contribution in [0.3, 0.4) is 0 Å². The normalized spacial score (nSPS) is 10.7. The van der Waals surface area contributed by atoms with Gasteiger partial charge in [-0.05, 0) is 42.0 Å². The molecule has 4 nitrogen and oxygen atoms in total. The Balaban J connectivity index is 1.67. The highest BCUT2D eigenvalue weighted by atomic mass is 79.9. The molecule has 3 rings (SSSR count). The molecule has 26 heavy (non-hydrogen) atoms. The highest BCUT2D eigenvalue weighted by molar-refractivity contribution is 9.10. The Morgan fingerprint density at radius 1 is 1.12 bits per heavy atom. The fraction of sp³-hybridized carbons (Fsp3) is 0.158. The van der Waals surface area contributed by atoms with E-state index < -0.39 is 0 Å². The molecule has 0 radical (unpaired) electrons. The molecule has 3 aromatic rings. The van der Waals surface area contributed by atoms with Crippen LogP contribution in [0.4, 0.5) is 4.39 Å². The average Bonchev–Trinajstić information content (AvgIpc) is 3.03. The van der Waals surface area contributed by atoms with Crippen molar-refractivity contribution in [1.29, 1.82) is 0 Å². The van der Waals surface area contributed by atoms with E-state index in [9.17, 15) is 4.39 Å². The van der Waals surface area contributed by atoms with Crippen molar-refractivity contribution < 1.29 is 9.13 Å². The molecule has 0 aliphatic rings. The summed E-state index contributed by atoms with van der Waals surface area (Å²) in [4.78, 5) is 0. The van der Waals surface area contributed by atoms with Gasteiger partial charge in [0.15, 0.2) is 11.0 Å². The maximum atomic E-state index is 13.0. The first-order valence-corrected chi connectivity index (χ1v) is 9.72. The molecule has 1 heterocycles. The van der Waals surface area contributed by atoms with E-state index in [1.54, 1.807) is 30.0 Å². The van der Waals surface area contributed by atoms with Crippen LogP contribution in [0.15, 0.2) is 70.8 Å². The second-order valence-electron chi connectivity index (χ2n) is 5.46. The van der Waals surface area contributed by atoms with E-state index in [1.165, 1.54) is 12.1 Å². The average molecular weight is 434 g/mol. The Labute approximate surface area is 164 Å². The lowest BCUT2D eigenvalue weighted by Gasteiger charge is -2.09. The van der Waals surface area contributed by atoms with Crippen molar-refractivity contribution >= 4 is 27.7 Å². The molecule has 134 valence electrons. The minimum absolute atomic E-state index is 0.235. The summed E-state index contributed by atoms with van der Waals surface area (Å²) in [7, 11) is 0. The summed E-state index contributed by atoms with van der Waals surface area (Å²) in [6.45, 7) is 4.71. The molecule has 2 aromatic carbocycles. The maximum Gasteiger partial charge on any atom is 0.191 e. The smallest absolute Gasteiger partial charge is 0.191 e. The fourth-order valence-corrected chi connectivity index (χ4v) is 3.44. The van der Waals surface area contributed by atoms with Crippen molar-refractivity contribution in [3.8, 4) is 5.75 Å². The number of halogens is 2. The first-order chi connectivity index (χ1) is 12.7. The van der Waals surface area contributed by atoms with Crippen LogP contribution in [-0.4, -0.2) is 14.8 Å². The Morgan fingerprint density at radius 2 is 1.85 bits per heavy atom. The standard InChI is InChI=1S/C19H17BrFN3OS/c1-2-11-24-18(12-25-17-9-5-15(20)6-10-17)22-23-19(24)26-13-14-3-7-16(21)8-4-14/h2-10H,1,11-13H2. The molecule has 1 aromatic heterocycles. The van der Waals surface area contributed by atoms with E-state index in [2.05, 4.69) is 32.7 Å². The van der Waals surface area contributed by atoms with Crippen LogP contribution in [0.1, 0.15) is 11.4 Å². The number of benzene rings is 2. The Morgan fingerprint density at radius 3 is 2.54 bits per heavy atom. The SMILES string of the molecule is C=CCn1c(COc2ccc(Br)cc2)nnc1SCc1ccc(F)cc1. The molecular formula is C19H17BrFN3OS. The molecule has 0 amide bonds. The lowest BCUT2D eigenvalue weighted by Crippen LogP contribution is -2.07. The van der Waals surface area contributed by atoms with Crippen molar-refractivity contribution in [2.24, 2.45) is 0 Å². The van der Waals surface area contributed by atoms with Gasteiger partial charge < -0.3 is 4.74 Å². The van der Waals surface area contributed by atoms with Crippen LogP contribution in [0.2, 0.25) is 0 Å². The topological polar surface area (TPSA) is 39.9 Å². The minimum Gasteiger partial charge on any atom is -0.486 e. The van der Waals surface area contributed by atoms with Gasteiger partial charge in [-0.1, -0.05) is 45.9 Å². The molecule has 0 fully saturated rings. The van der Waals surface area contributed by atoms with Crippen LogP contribution >= 0.6 is 27.7 Å². The Hall–Kier alpha value is -2.12. The highest BCUT2D eigenvalue weighted by Crippen LogP contribution is 2.23. The highest BCUT2D eigenvalue weighted by Gasteiger charge is 2.12. The molecule has 7 heteroatoms. The van der Waals surface area contributed by atoms with Crippen molar-refractivity contribution in [3.63, 3.8) is 0 Å². The van der Waals surface area contributed by atoms with Gasteiger partial charge >= 0.3 is 0 Å². The number of allylic oxidation sites excluding steroid dienone is 1. The Kier molecular flexibility index (Phi) is 6.46. The number of rotatable bonds is 8. The predicted molar refractivity (Wildman–Crippen MR) is 105 cm³/mol. The van der Waals surface area contributed by atoms with Gasteiger partial charge in [-0.2, -0.15) is 0 Å². The first kappa shape index (κ1) is 18.7. The van der Waals surface area contributed by atoms with Gasteiger partial charge in [0.05, 0.1) is 0 Å². The lowest BCUT2D eigenvalue weighted by molar-refractivity contribution is 0.289. The fourth-order valence-electron chi connectivity index (χ4n) is 2.25. The molecule has 0 bridgehead atoms. The summed E-state index contributed by atoms with van der Waals surface area (Å²) in [5.41, 5.74) is 1.03. The molecule has 0 unspecified atom stereocenters. The monoisotopic (exact) mass is 433 g/mol. The van der Waals surface area contributed by atoms with E-state index in [1.807, 2.05) is 28.8 Å². The molecule has 0 aliphatic carbocycles. The summed E-state index contributed by atoms with van der Waals surface area (Å²) in [5.74, 6) is 1.94. The van der Waals surface area contributed by atoms with E-state index in [4.69, 9.17) is 4.74 Å². The molecule has 0 spiro atoms. The number of nitrogens with zero attached hydrogens (tertiary/aromatic N) is 3. The second kappa shape index (κ2) is 9.00. The lowest BCUT2D eigenvalue weighted by atomic mass is 10.2. The van der Waals surface area contributed by atoms with Gasteiger partial charge in [0.2, 0.25) is 0 Å². The van der Waals surface area contributed by atoms with Crippen molar-refractivity contribution in [2.45, 2.75) is 24.1 Å².